The standard InChI is InChI=1S/C5H5F3N2/c1-10-3-2-4(9-10)5(6,7)8/h3H2,1H3. The van der Waals surface area contributed by atoms with Gasteiger partial charge in [-0.3, -0.25) is 5.01 Å². The van der Waals surface area contributed by atoms with E-state index in [-0.39, 0.29) is 6.54 Å². The van der Waals surface area contributed by atoms with Crippen molar-refractivity contribution in [3.05, 3.63) is 6.42 Å². The Morgan fingerprint density at radius 2 is 2.20 bits per heavy atom. The summed E-state index contributed by atoms with van der Waals surface area (Å²) >= 11 is 0. The highest BCUT2D eigenvalue weighted by molar-refractivity contribution is 5.98. The zero-order valence-corrected chi connectivity index (χ0v) is 5.24. The maximum Gasteiger partial charge on any atom is 0.431 e. The molecule has 56 valence electrons. The SMILES string of the molecule is CN1C[C]C(C(F)(F)F)=N1. The molecule has 0 aromatic heterocycles. The fourth-order valence-electron chi connectivity index (χ4n) is 0.588. The molecule has 0 atom stereocenters. The summed E-state index contributed by atoms with van der Waals surface area (Å²) in [6.45, 7) is 0.120. The number of alkyl halides is 3. The van der Waals surface area contributed by atoms with Crippen LogP contribution in [0.3, 0.4) is 0 Å². The van der Waals surface area contributed by atoms with Crippen LogP contribution >= 0.6 is 0 Å². The second-order valence-corrected chi connectivity index (χ2v) is 1.94. The topological polar surface area (TPSA) is 15.6 Å². The van der Waals surface area contributed by atoms with E-state index in [9.17, 15) is 13.2 Å². The van der Waals surface area contributed by atoms with Crippen LogP contribution in [0.5, 0.6) is 0 Å². The van der Waals surface area contributed by atoms with Gasteiger partial charge in [0.1, 0.15) is 0 Å². The predicted molar refractivity (Wildman–Crippen MR) is 29.4 cm³/mol. The quantitative estimate of drug-likeness (QED) is 0.501. The van der Waals surface area contributed by atoms with Gasteiger partial charge in [-0.15, -0.1) is 0 Å². The summed E-state index contributed by atoms with van der Waals surface area (Å²) in [5, 5.41) is 4.36. The summed E-state index contributed by atoms with van der Waals surface area (Å²) in [6.07, 6.45) is -2.25. The molecule has 2 nitrogen and oxygen atoms in total. The second kappa shape index (κ2) is 2.14. The first-order valence-corrected chi connectivity index (χ1v) is 2.61. The van der Waals surface area contributed by atoms with Crippen LogP contribution in [0.1, 0.15) is 0 Å². The third-order valence-corrected chi connectivity index (χ3v) is 1.01. The number of halogens is 3. The van der Waals surface area contributed by atoms with Crippen molar-refractivity contribution in [1.29, 1.82) is 0 Å². The summed E-state index contributed by atoms with van der Waals surface area (Å²) in [5.41, 5.74) is -0.921. The Morgan fingerprint density at radius 3 is 2.40 bits per heavy atom. The normalized spacial score (nSPS) is 19.6. The van der Waals surface area contributed by atoms with Gasteiger partial charge in [-0.05, 0) is 0 Å². The van der Waals surface area contributed by atoms with Crippen molar-refractivity contribution in [2.75, 3.05) is 13.6 Å². The van der Waals surface area contributed by atoms with E-state index in [0.29, 0.717) is 0 Å². The van der Waals surface area contributed by atoms with Gasteiger partial charge in [0, 0.05) is 13.6 Å². The highest BCUT2D eigenvalue weighted by Gasteiger charge is 2.38. The molecule has 0 aliphatic carbocycles. The van der Waals surface area contributed by atoms with Crippen molar-refractivity contribution in [3.63, 3.8) is 0 Å². The van der Waals surface area contributed by atoms with Crippen LogP contribution < -0.4 is 0 Å². The predicted octanol–water partition coefficient (Wildman–Crippen LogP) is 0.931. The fraction of sp³-hybridized carbons (Fsp3) is 0.600. The lowest BCUT2D eigenvalue weighted by Gasteiger charge is -2.02. The Morgan fingerprint density at radius 1 is 1.60 bits per heavy atom. The molecule has 0 saturated heterocycles. The van der Waals surface area contributed by atoms with Gasteiger partial charge in [-0.2, -0.15) is 18.3 Å². The van der Waals surface area contributed by atoms with Gasteiger partial charge in [0.25, 0.3) is 0 Å². The minimum absolute atomic E-state index is 0.120. The number of hydrogen-bond donors (Lipinski definition) is 0. The molecule has 5 heteroatoms. The molecule has 0 fully saturated rings. The van der Waals surface area contributed by atoms with E-state index in [0.717, 1.165) is 0 Å². The monoisotopic (exact) mass is 150 g/mol. The Balaban J connectivity index is 2.67. The minimum Gasteiger partial charge on any atom is -0.299 e. The van der Waals surface area contributed by atoms with Gasteiger partial charge in [0.05, 0.1) is 6.42 Å². The minimum atomic E-state index is -4.34. The van der Waals surface area contributed by atoms with Crippen molar-refractivity contribution >= 4 is 5.71 Å². The molecule has 1 heterocycles. The molecule has 10 heavy (non-hydrogen) atoms. The van der Waals surface area contributed by atoms with Crippen LogP contribution in [0.2, 0.25) is 0 Å². The summed E-state index contributed by atoms with van der Waals surface area (Å²) < 4.78 is 35.1. The van der Waals surface area contributed by atoms with Crippen molar-refractivity contribution < 1.29 is 13.2 Å². The number of rotatable bonds is 0. The molecule has 0 amide bonds. The largest absolute Gasteiger partial charge is 0.431 e. The van der Waals surface area contributed by atoms with E-state index < -0.39 is 11.9 Å². The van der Waals surface area contributed by atoms with Gasteiger partial charge in [-0.1, -0.05) is 0 Å². The molecule has 1 aliphatic heterocycles. The summed E-state index contributed by atoms with van der Waals surface area (Å²) in [6, 6.07) is 0. The summed E-state index contributed by atoms with van der Waals surface area (Å²) in [5.74, 6) is 0. The fourth-order valence-corrected chi connectivity index (χ4v) is 0.588. The van der Waals surface area contributed by atoms with Gasteiger partial charge in [0.2, 0.25) is 0 Å². The smallest absolute Gasteiger partial charge is 0.299 e. The van der Waals surface area contributed by atoms with Crippen molar-refractivity contribution in [2.24, 2.45) is 5.10 Å². The van der Waals surface area contributed by atoms with Gasteiger partial charge >= 0.3 is 6.18 Å². The molecular formula is C5H5F3N2. The van der Waals surface area contributed by atoms with Crippen LogP contribution in [0.15, 0.2) is 5.10 Å². The molecule has 0 spiro atoms. The van der Waals surface area contributed by atoms with E-state index in [1.54, 1.807) is 0 Å². The first-order chi connectivity index (χ1) is 4.50. The van der Waals surface area contributed by atoms with E-state index in [1.807, 2.05) is 0 Å². The van der Waals surface area contributed by atoms with Crippen molar-refractivity contribution in [3.8, 4) is 0 Å². The van der Waals surface area contributed by atoms with Gasteiger partial charge in [-0.25, -0.2) is 0 Å². The van der Waals surface area contributed by atoms with E-state index in [2.05, 4.69) is 11.5 Å². The summed E-state index contributed by atoms with van der Waals surface area (Å²) in [4.78, 5) is 0. The Bertz CT molecular complexity index is 161. The molecule has 0 unspecified atom stereocenters. The average molecular weight is 150 g/mol. The molecule has 1 aliphatic rings. The number of hydrazone groups is 1. The highest BCUT2D eigenvalue weighted by atomic mass is 19.4. The molecule has 1 rings (SSSR count). The molecule has 0 saturated carbocycles. The van der Waals surface area contributed by atoms with Gasteiger partial charge in [0.15, 0.2) is 5.71 Å². The third-order valence-electron chi connectivity index (χ3n) is 1.01. The molecule has 0 aromatic rings. The van der Waals surface area contributed by atoms with Crippen LogP contribution in [-0.4, -0.2) is 30.5 Å². The maximum atomic E-state index is 11.7. The lowest BCUT2D eigenvalue weighted by Crippen LogP contribution is -2.21. The Kier molecular flexibility index (Phi) is 1.58. The zero-order chi connectivity index (χ0) is 7.78. The van der Waals surface area contributed by atoms with Crippen LogP contribution in [0, 0.1) is 6.42 Å². The first-order valence-electron chi connectivity index (χ1n) is 2.61. The number of hydrogen-bond acceptors (Lipinski definition) is 2. The lowest BCUT2D eigenvalue weighted by molar-refractivity contribution is -0.0585. The first kappa shape index (κ1) is 7.37. The molecule has 0 bridgehead atoms. The van der Waals surface area contributed by atoms with Crippen LogP contribution in [-0.2, 0) is 0 Å². The highest BCUT2D eigenvalue weighted by Crippen LogP contribution is 2.22. The Labute approximate surface area is 56.3 Å². The Hall–Kier alpha value is -0.740. The molecule has 0 aromatic carbocycles. The molecule has 0 N–H and O–H groups in total. The van der Waals surface area contributed by atoms with Crippen molar-refractivity contribution in [1.82, 2.24) is 5.01 Å². The second-order valence-electron chi connectivity index (χ2n) is 1.94. The van der Waals surface area contributed by atoms with E-state index in [4.69, 9.17) is 0 Å². The van der Waals surface area contributed by atoms with E-state index in [1.165, 1.54) is 12.1 Å². The van der Waals surface area contributed by atoms with Gasteiger partial charge < -0.3 is 0 Å². The summed E-state index contributed by atoms with van der Waals surface area (Å²) in [7, 11) is 1.46. The van der Waals surface area contributed by atoms with E-state index >= 15 is 0 Å². The molecule has 2 radical (unpaired) electrons. The third kappa shape index (κ3) is 1.40. The number of nitrogens with zero attached hydrogens (tertiary/aromatic N) is 2. The van der Waals surface area contributed by atoms with Crippen LogP contribution in [0.25, 0.3) is 0 Å². The average Bonchev–Trinajstić information content (AvgIpc) is 2.11. The lowest BCUT2D eigenvalue weighted by atomic mass is 10.3. The van der Waals surface area contributed by atoms with Crippen LogP contribution in [0.4, 0.5) is 13.2 Å². The van der Waals surface area contributed by atoms with Crippen molar-refractivity contribution in [2.45, 2.75) is 6.18 Å². The molecular weight excluding hydrogens is 145 g/mol. The zero-order valence-electron chi connectivity index (χ0n) is 5.24. The maximum absolute atomic E-state index is 11.7.